The van der Waals surface area contributed by atoms with E-state index in [4.69, 9.17) is 19.6 Å². The molecule has 0 radical (unpaired) electrons. The van der Waals surface area contributed by atoms with Gasteiger partial charge in [0.05, 0.1) is 19.3 Å². The summed E-state index contributed by atoms with van der Waals surface area (Å²) in [6.45, 7) is 9.01. The maximum atomic E-state index is 13.7. The summed E-state index contributed by atoms with van der Waals surface area (Å²) in [5.74, 6) is 3.18. The Morgan fingerprint density at radius 1 is 1.18 bits per heavy atom. The minimum atomic E-state index is -0.499. The van der Waals surface area contributed by atoms with Crippen LogP contribution in [0.2, 0.25) is 0 Å². The molecule has 4 rings (SSSR count). The van der Waals surface area contributed by atoms with Crippen molar-refractivity contribution in [2.45, 2.75) is 58.2 Å². The first-order valence-electron chi connectivity index (χ1n) is 13.2. The third kappa shape index (κ3) is 6.51. The Balaban J connectivity index is 1.72. The molecule has 1 aliphatic heterocycles. The minimum absolute atomic E-state index is 0.205. The molecular formula is C29H37N5O3S. The zero-order chi connectivity index (χ0) is 27.1. The number of rotatable bonds is 12. The van der Waals surface area contributed by atoms with Crippen LogP contribution >= 0.6 is 11.8 Å². The molecule has 8 nitrogen and oxygen atoms in total. The molecule has 0 bridgehead atoms. The molecule has 1 aromatic heterocycles. The molecule has 1 amide bonds. The monoisotopic (exact) mass is 535 g/mol. The number of hydrogen-bond acceptors (Lipinski definition) is 7. The van der Waals surface area contributed by atoms with Crippen LogP contribution in [-0.4, -0.2) is 40.1 Å². The normalized spacial score (nSPS) is 14.7. The van der Waals surface area contributed by atoms with Gasteiger partial charge in [-0.15, -0.1) is 5.10 Å². The third-order valence-corrected chi connectivity index (χ3v) is 7.22. The lowest BCUT2D eigenvalue weighted by atomic mass is 9.94. The SMILES string of the molecule is CCCCSc1nc2n(n1)C(c1ccc(OCCC(C)C)c(OC)c1)C(C(=O)Nc1ccccc1)=C(C)N2. The van der Waals surface area contributed by atoms with Gasteiger partial charge in [-0.25, -0.2) is 4.68 Å². The van der Waals surface area contributed by atoms with Gasteiger partial charge in [0, 0.05) is 17.1 Å². The average Bonchev–Trinajstić information content (AvgIpc) is 3.30. The van der Waals surface area contributed by atoms with Gasteiger partial charge in [0.2, 0.25) is 11.1 Å². The maximum Gasteiger partial charge on any atom is 0.255 e. The number of para-hydroxylation sites is 1. The molecule has 1 unspecified atom stereocenters. The Hall–Kier alpha value is -3.46. The lowest BCUT2D eigenvalue weighted by Gasteiger charge is -2.29. The molecule has 0 saturated heterocycles. The highest BCUT2D eigenvalue weighted by Gasteiger charge is 2.35. The number of methoxy groups -OCH3 is 1. The summed E-state index contributed by atoms with van der Waals surface area (Å²) in [6.07, 6.45) is 3.14. The first-order valence-corrected chi connectivity index (χ1v) is 14.1. The summed E-state index contributed by atoms with van der Waals surface area (Å²) in [7, 11) is 1.63. The van der Waals surface area contributed by atoms with Crippen molar-refractivity contribution in [3.05, 3.63) is 65.4 Å². The van der Waals surface area contributed by atoms with E-state index in [0.29, 0.717) is 40.7 Å². The fourth-order valence-corrected chi connectivity index (χ4v) is 5.11. The smallest absolute Gasteiger partial charge is 0.255 e. The van der Waals surface area contributed by atoms with E-state index in [1.165, 1.54) is 0 Å². The molecule has 2 N–H and O–H groups in total. The fourth-order valence-electron chi connectivity index (χ4n) is 4.20. The largest absolute Gasteiger partial charge is 0.493 e. The summed E-state index contributed by atoms with van der Waals surface area (Å²) in [5, 5.41) is 11.9. The molecule has 2 aromatic carbocycles. The van der Waals surface area contributed by atoms with E-state index >= 15 is 0 Å². The van der Waals surface area contributed by atoms with Gasteiger partial charge in [-0.3, -0.25) is 4.79 Å². The van der Waals surface area contributed by atoms with Crippen molar-refractivity contribution in [1.82, 2.24) is 14.8 Å². The van der Waals surface area contributed by atoms with Crippen LogP contribution in [-0.2, 0) is 4.79 Å². The second-order valence-electron chi connectivity index (χ2n) is 9.69. The summed E-state index contributed by atoms with van der Waals surface area (Å²) < 4.78 is 13.5. The predicted molar refractivity (Wildman–Crippen MR) is 153 cm³/mol. The van der Waals surface area contributed by atoms with E-state index in [1.807, 2.05) is 55.5 Å². The van der Waals surface area contributed by atoms with Crippen molar-refractivity contribution in [2.75, 3.05) is 30.1 Å². The van der Waals surface area contributed by atoms with Crippen LogP contribution in [0.15, 0.2) is 65.0 Å². The van der Waals surface area contributed by atoms with E-state index in [9.17, 15) is 4.79 Å². The van der Waals surface area contributed by atoms with Crippen molar-refractivity contribution in [3.8, 4) is 11.5 Å². The number of thioether (sulfide) groups is 1. The van der Waals surface area contributed by atoms with Crippen LogP contribution in [0.5, 0.6) is 11.5 Å². The Kier molecular flexibility index (Phi) is 9.33. The van der Waals surface area contributed by atoms with Gasteiger partial charge in [-0.1, -0.05) is 63.2 Å². The number of carbonyl (C=O) groups excluding carboxylic acids is 1. The van der Waals surface area contributed by atoms with Crippen LogP contribution in [0, 0.1) is 5.92 Å². The number of carbonyl (C=O) groups is 1. The standard InChI is InChI=1S/C29H37N5O3S/c1-6-7-17-38-29-32-28-30-20(4)25(27(35)31-22-11-9-8-10-12-22)26(34(28)33-29)21-13-14-23(24(18-21)36-5)37-16-15-19(2)3/h8-14,18-19,26H,6-7,15-17H2,1-5H3,(H,31,35)(H,30,32,33). The number of unbranched alkanes of at least 4 members (excludes halogenated alkanes) is 1. The van der Waals surface area contributed by atoms with Crippen molar-refractivity contribution in [2.24, 2.45) is 5.92 Å². The Bertz CT molecular complexity index is 1270. The van der Waals surface area contributed by atoms with Crippen molar-refractivity contribution in [3.63, 3.8) is 0 Å². The second kappa shape index (κ2) is 12.9. The van der Waals surface area contributed by atoms with Gasteiger partial charge >= 0.3 is 0 Å². The molecule has 2 heterocycles. The zero-order valence-electron chi connectivity index (χ0n) is 22.8. The number of anilines is 2. The number of nitrogens with zero attached hydrogens (tertiary/aromatic N) is 3. The van der Waals surface area contributed by atoms with Gasteiger partial charge in [0.15, 0.2) is 11.5 Å². The van der Waals surface area contributed by atoms with Crippen LogP contribution < -0.4 is 20.1 Å². The van der Waals surface area contributed by atoms with Crippen LogP contribution in [0.3, 0.4) is 0 Å². The number of aromatic nitrogens is 3. The fraction of sp³-hybridized carbons (Fsp3) is 0.414. The number of hydrogen-bond donors (Lipinski definition) is 2. The summed E-state index contributed by atoms with van der Waals surface area (Å²) >= 11 is 1.62. The van der Waals surface area contributed by atoms with Gasteiger partial charge in [-0.2, -0.15) is 4.98 Å². The van der Waals surface area contributed by atoms with Crippen LogP contribution in [0.25, 0.3) is 0 Å². The Morgan fingerprint density at radius 2 is 1.97 bits per heavy atom. The highest BCUT2D eigenvalue weighted by Crippen LogP contribution is 2.40. The lowest BCUT2D eigenvalue weighted by molar-refractivity contribution is -0.113. The first kappa shape index (κ1) is 27.6. The number of allylic oxidation sites excluding steroid dienone is 1. The molecule has 202 valence electrons. The molecule has 1 atom stereocenters. The van der Waals surface area contributed by atoms with Crippen molar-refractivity contribution in [1.29, 1.82) is 0 Å². The Labute approximate surface area is 229 Å². The summed E-state index contributed by atoms with van der Waals surface area (Å²) in [6, 6.07) is 14.8. The third-order valence-electron chi connectivity index (χ3n) is 6.29. The molecule has 1 aliphatic rings. The number of ether oxygens (including phenoxy) is 2. The zero-order valence-corrected chi connectivity index (χ0v) is 23.6. The summed E-state index contributed by atoms with van der Waals surface area (Å²) in [4.78, 5) is 18.4. The van der Waals surface area contributed by atoms with E-state index in [2.05, 4.69) is 31.4 Å². The average molecular weight is 536 g/mol. The molecule has 0 saturated carbocycles. The van der Waals surface area contributed by atoms with Crippen LogP contribution in [0.4, 0.5) is 11.6 Å². The minimum Gasteiger partial charge on any atom is -0.493 e. The highest BCUT2D eigenvalue weighted by atomic mass is 32.2. The predicted octanol–water partition coefficient (Wildman–Crippen LogP) is 6.53. The summed E-state index contributed by atoms with van der Waals surface area (Å²) in [5.41, 5.74) is 2.87. The molecule has 9 heteroatoms. The van der Waals surface area contributed by atoms with Gasteiger partial charge in [-0.05, 0) is 55.5 Å². The number of fused-ring (bicyclic) bond motifs is 1. The maximum absolute atomic E-state index is 13.7. The van der Waals surface area contributed by atoms with E-state index in [1.54, 1.807) is 23.6 Å². The van der Waals surface area contributed by atoms with Gasteiger partial charge in [0.25, 0.3) is 5.91 Å². The topological polar surface area (TPSA) is 90.3 Å². The molecule has 0 spiro atoms. The number of nitrogens with one attached hydrogen (secondary N) is 2. The molecule has 3 aromatic rings. The van der Waals surface area contributed by atoms with Crippen molar-refractivity contribution >= 4 is 29.3 Å². The van der Waals surface area contributed by atoms with Crippen LogP contribution in [0.1, 0.15) is 58.6 Å². The first-order chi connectivity index (χ1) is 18.4. The molecule has 0 fully saturated rings. The van der Waals surface area contributed by atoms with Crippen molar-refractivity contribution < 1.29 is 14.3 Å². The number of benzene rings is 2. The number of amides is 1. The van der Waals surface area contributed by atoms with E-state index in [0.717, 1.165) is 42.0 Å². The lowest BCUT2D eigenvalue weighted by Crippen LogP contribution is -2.31. The van der Waals surface area contributed by atoms with Gasteiger partial charge in [0.1, 0.15) is 6.04 Å². The molecule has 38 heavy (non-hydrogen) atoms. The van der Waals surface area contributed by atoms with Gasteiger partial charge < -0.3 is 20.1 Å². The molecular weight excluding hydrogens is 498 g/mol. The second-order valence-corrected chi connectivity index (χ2v) is 10.8. The molecule has 0 aliphatic carbocycles. The highest BCUT2D eigenvalue weighted by molar-refractivity contribution is 7.99. The van der Waals surface area contributed by atoms with E-state index < -0.39 is 6.04 Å². The quantitative estimate of drug-likeness (QED) is 0.201. The Morgan fingerprint density at radius 3 is 2.68 bits per heavy atom. The van der Waals surface area contributed by atoms with E-state index in [-0.39, 0.29) is 5.91 Å².